The van der Waals surface area contributed by atoms with Gasteiger partial charge in [-0.05, 0) is 24.7 Å². The SMILES string of the molecule is CCc1ccc(C(=O)N2CCCSCC2)cc1[N+](=O)[O-]. The van der Waals surface area contributed by atoms with Gasteiger partial charge in [0.05, 0.1) is 4.92 Å². The molecule has 1 aromatic rings. The number of hydrogen-bond acceptors (Lipinski definition) is 4. The van der Waals surface area contributed by atoms with Gasteiger partial charge in [0.2, 0.25) is 0 Å². The van der Waals surface area contributed by atoms with Gasteiger partial charge in [0, 0.05) is 36.0 Å². The monoisotopic (exact) mass is 294 g/mol. The van der Waals surface area contributed by atoms with E-state index in [0.29, 0.717) is 24.1 Å². The van der Waals surface area contributed by atoms with Crippen LogP contribution in [-0.4, -0.2) is 40.3 Å². The number of nitro groups is 1. The highest BCUT2D eigenvalue weighted by molar-refractivity contribution is 7.99. The molecule has 1 aromatic carbocycles. The van der Waals surface area contributed by atoms with Crippen LogP contribution in [-0.2, 0) is 6.42 Å². The van der Waals surface area contributed by atoms with Crippen molar-refractivity contribution in [3.8, 4) is 0 Å². The zero-order chi connectivity index (χ0) is 14.5. The van der Waals surface area contributed by atoms with Gasteiger partial charge in [-0.3, -0.25) is 14.9 Å². The Morgan fingerprint density at radius 3 is 2.90 bits per heavy atom. The summed E-state index contributed by atoms with van der Waals surface area (Å²) >= 11 is 1.84. The van der Waals surface area contributed by atoms with E-state index in [1.165, 1.54) is 6.07 Å². The number of carbonyl (C=O) groups excluding carboxylic acids is 1. The molecule has 0 unspecified atom stereocenters. The third-order valence-electron chi connectivity index (χ3n) is 3.42. The number of hydrogen-bond donors (Lipinski definition) is 0. The third-order valence-corrected chi connectivity index (χ3v) is 4.47. The molecule has 0 spiro atoms. The van der Waals surface area contributed by atoms with Crippen LogP contribution in [0.15, 0.2) is 18.2 Å². The number of carbonyl (C=O) groups is 1. The van der Waals surface area contributed by atoms with Gasteiger partial charge in [0.15, 0.2) is 0 Å². The number of benzene rings is 1. The molecule has 0 atom stereocenters. The molecule has 0 saturated carbocycles. The van der Waals surface area contributed by atoms with Crippen LogP contribution in [0, 0.1) is 10.1 Å². The summed E-state index contributed by atoms with van der Waals surface area (Å²) in [5, 5.41) is 11.1. The predicted octanol–water partition coefficient (Wildman–Crippen LogP) is 2.74. The van der Waals surface area contributed by atoms with E-state index in [2.05, 4.69) is 0 Å². The number of aryl methyl sites for hydroxylation is 1. The van der Waals surface area contributed by atoms with Crippen LogP contribution >= 0.6 is 11.8 Å². The standard InChI is InChI=1S/C14H18N2O3S/c1-2-11-4-5-12(10-13(11)16(18)19)14(17)15-6-3-8-20-9-7-15/h4-5,10H,2-3,6-9H2,1H3. The van der Waals surface area contributed by atoms with Gasteiger partial charge in [-0.1, -0.05) is 13.0 Å². The first-order valence-electron chi connectivity index (χ1n) is 6.77. The second-order valence-electron chi connectivity index (χ2n) is 4.71. The molecule has 0 bridgehead atoms. The molecular weight excluding hydrogens is 276 g/mol. The second kappa shape index (κ2) is 6.74. The molecule has 0 aliphatic carbocycles. The lowest BCUT2D eigenvalue weighted by molar-refractivity contribution is -0.385. The van der Waals surface area contributed by atoms with Gasteiger partial charge in [-0.2, -0.15) is 11.8 Å². The molecular formula is C14H18N2O3S. The zero-order valence-electron chi connectivity index (χ0n) is 11.5. The van der Waals surface area contributed by atoms with Crippen LogP contribution in [0.4, 0.5) is 5.69 Å². The van der Waals surface area contributed by atoms with E-state index in [0.717, 1.165) is 24.5 Å². The maximum Gasteiger partial charge on any atom is 0.273 e. The fourth-order valence-electron chi connectivity index (χ4n) is 2.30. The minimum atomic E-state index is -0.409. The predicted molar refractivity (Wildman–Crippen MR) is 80.3 cm³/mol. The van der Waals surface area contributed by atoms with Gasteiger partial charge in [0.25, 0.3) is 11.6 Å². The van der Waals surface area contributed by atoms with E-state index in [1.807, 2.05) is 18.7 Å². The van der Waals surface area contributed by atoms with Gasteiger partial charge < -0.3 is 4.90 Å². The highest BCUT2D eigenvalue weighted by Gasteiger charge is 2.21. The lowest BCUT2D eigenvalue weighted by Crippen LogP contribution is -2.32. The Morgan fingerprint density at radius 1 is 1.40 bits per heavy atom. The largest absolute Gasteiger partial charge is 0.338 e. The molecule has 1 amide bonds. The summed E-state index contributed by atoms with van der Waals surface area (Å²) in [5.41, 5.74) is 1.13. The summed E-state index contributed by atoms with van der Waals surface area (Å²) in [6, 6.07) is 4.81. The topological polar surface area (TPSA) is 63.5 Å². The van der Waals surface area contributed by atoms with Crippen molar-refractivity contribution in [3.05, 3.63) is 39.4 Å². The van der Waals surface area contributed by atoms with Crippen LogP contribution in [0.5, 0.6) is 0 Å². The van der Waals surface area contributed by atoms with E-state index in [9.17, 15) is 14.9 Å². The Morgan fingerprint density at radius 2 is 2.20 bits per heavy atom. The number of rotatable bonds is 3. The number of thioether (sulfide) groups is 1. The number of amides is 1. The molecule has 1 fully saturated rings. The van der Waals surface area contributed by atoms with Crippen molar-refractivity contribution in [3.63, 3.8) is 0 Å². The summed E-state index contributed by atoms with van der Waals surface area (Å²) in [5.74, 6) is 1.90. The Labute approximate surface area is 122 Å². The molecule has 20 heavy (non-hydrogen) atoms. The average molecular weight is 294 g/mol. The molecule has 0 aromatic heterocycles. The highest BCUT2D eigenvalue weighted by atomic mass is 32.2. The summed E-state index contributed by atoms with van der Waals surface area (Å²) in [4.78, 5) is 24.9. The van der Waals surface area contributed by atoms with Crippen molar-refractivity contribution in [1.29, 1.82) is 0 Å². The molecule has 0 N–H and O–H groups in total. The normalized spacial score (nSPS) is 15.8. The Kier molecular flexibility index (Phi) is 5.00. The quantitative estimate of drug-likeness (QED) is 0.635. The molecule has 0 radical (unpaired) electrons. The zero-order valence-corrected chi connectivity index (χ0v) is 12.3. The van der Waals surface area contributed by atoms with Crippen molar-refractivity contribution >= 4 is 23.4 Å². The lowest BCUT2D eigenvalue weighted by atomic mass is 10.1. The molecule has 1 saturated heterocycles. The first-order valence-corrected chi connectivity index (χ1v) is 7.93. The molecule has 1 heterocycles. The van der Waals surface area contributed by atoms with E-state index in [-0.39, 0.29) is 11.6 Å². The number of nitrogens with zero attached hydrogens (tertiary/aromatic N) is 2. The van der Waals surface area contributed by atoms with E-state index < -0.39 is 4.92 Å². The van der Waals surface area contributed by atoms with Crippen LogP contribution in [0.25, 0.3) is 0 Å². The Hall–Kier alpha value is -1.56. The van der Waals surface area contributed by atoms with Crippen molar-refractivity contribution in [2.24, 2.45) is 0 Å². The summed E-state index contributed by atoms with van der Waals surface area (Å²) in [6.45, 7) is 3.32. The average Bonchev–Trinajstić information content (AvgIpc) is 2.74. The van der Waals surface area contributed by atoms with Crippen LogP contribution in [0.1, 0.15) is 29.3 Å². The molecule has 2 rings (SSSR count). The van der Waals surface area contributed by atoms with E-state index in [4.69, 9.17) is 0 Å². The molecule has 6 heteroatoms. The van der Waals surface area contributed by atoms with Crippen molar-refractivity contribution in [1.82, 2.24) is 4.90 Å². The summed E-state index contributed by atoms with van der Waals surface area (Å²) in [6.07, 6.45) is 1.57. The Balaban J connectivity index is 2.25. The number of nitro benzene ring substituents is 1. The summed E-state index contributed by atoms with van der Waals surface area (Å²) in [7, 11) is 0. The van der Waals surface area contributed by atoms with Gasteiger partial charge in [0.1, 0.15) is 0 Å². The van der Waals surface area contributed by atoms with Crippen molar-refractivity contribution < 1.29 is 9.72 Å². The summed E-state index contributed by atoms with van der Waals surface area (Å²) < 4.78 is 0. The minimum absolute atomic E-state index is 0.0440. The van der Waals surface area contributed by atoms with Gasteiger partial charge in [-0.25, -0.2) is 0 Å². The van der Waals surface area contributed by atoms with E-state index >= 15 is 0 Å². The maximum atomic E-state index is 12.4. The van der Waals surface area contributed by atoms with Crippen LogP contribution < -0.4 is 0 Å². The molecule has 1 aliphatic heterocycles. The van der Waals surface area contributed by atoms with Gasteiger partial charge >= 0.3 is 0 Å². The first-order chi connectivity index (χ1) is 9.63. The third kappa shape index (κ3) is 3.30. The molecule has 5 nitrogen and oxygen atoms in total. The second-order valence-corrected chi connectivity index (χ2v) is 5.94. The maximum absolute atomic E-state index is 12.4. The van der Waals surface area contributed by atoms with Gasteiger partial charge in [-0.15, -0.1) is 0 Å². The van der Waals surface area contributed by atoms with Crippen LogP contribution in [0.3, 0.4) is 0 Å². The Bertz CT molecular complexity index is 511. The fourth-order valence-corrected chi connectivity index (χ4v) is 3.18. The smallest absolute Gasteiger partial charge is 0.273 e. The van der Waals surface area contributed by atoms with Crippen molar-refractivity contribution in [2.45, 2.75) is 19.8 Å². The fraction of sp³-hybridized carbons (Fsp3) is 0.500. The minimum Gasteiger partial charge on any atom is -0.338 e. The van der Waals surface area contributed by atoms with Crippen LogP contribution in [0.2, 0.25) is 0 Å². The highest BCUT2D eigenvalue weighted by Crippen LogP contribution is 2.22. The molecule has 1 aliphatic rings. The first kappa shape index (κ1) is 14.8. The van der Waals surface area contributed by atoms with Crippen molar-refractivity contribution in [2.75, 3.05) is 24.6 Å². The lowest BCUT2D eigenvalue weighted by Gasteiger charge is -2.20. The molecule has 108 valence electrons. The van der Waals surface area contributed by atoms with E-state index in [1.54, 1.807) is 17.0 Å².